The van der Waals surface area contributed by atoms with Crippen LogP contribution < -0.4 is 0 Å². The second-order valence-electron chi connectivity index (χ2n) is 2.26. The van der Waals surface area contributed by atoms with Crippen molar-refractivity contribution in [2.75, 3.05) is 0 Å². The van der Waals surface area contributed by atoms with Crippen molar-refractivity contribution in [1.29, 1.82) is 0 Å². The molecule has 1 rings (SSSR count). The molecule has 0 saturated heterocycles. The Labute approximate surface area is 88.2 Å². The van der Waals surface area contributed by atoms with E-state index in [0.29, 0.717) is 4.83 Å². The molecule has 0 N–H and O–H groups in total. The summed E-state index contributed by atoms with van der Waals surface area (Å²) in [7, 11) is 0. The van der Waals surface area contributed by atoms with Crippen LogP contribution in [0.1, 0.15) is 17.3 Å². The summed E-state index contributed by atoms with van der Waals surface area (Å²) >= 11 is 12.8. The van der Waals surface area contributed by atoms with Crippen molar-refractivity contribution in [3.63, 3.8) is 0 Å². The molecular weight excluding hydrogens is 291 g/mol. The van der Waals surface area contributed by atoms with Crippen LogP contribution in [0.3, 0.4) is 0 Å². The van der Waals surface area contributed by atoms with Crippen LogP contribution in [0.2, 0.25) is 5.02 Å². The molecule has 60 valence electrons. The molecule has 1 atom stereocenters. The molecule has 0 aliphatic carbocycles. The van der Waals surface area contributed by atoms with Gasteiger partial charge in [0.15, 0.2) is 0 Å². The summed E-state index contributed by atoms with van der Waals surface area (Å²) in [6, 6.07) is 5.91. The molecule has 0 aromatic heterocycles. The van der Waals surface area contributed by atoms with Crippen molar-refractivity contribution in [3.8, 4) is 0 Å². The van der Waals surface area contributed by atoms with E-state index < -0.39 is 0 Å². The maximum atomic E-state index is 6.01. The summed E-state index contributed by atoms with van der Waals surface area (Å²) < 4.78 is 0.947. The average Bonchev–Trinajstić information content (AvgIpc) is 1.94. The summed E-state index contributed by atoms with van der Waals surface area (Å²) in [6.07, 6.45) is 0. The molecule has 0 bridgehead atoms. The first-order chi connectivity index (χ1) is 5.13. The molecule has 11 heavy (non-hydrogen) atoms. The smallest absolute Gasteiger partial charge is 0.0591 e. The first kappa shape index (κ1) is 9.56. The maximum Gasteiger partial charge on any atom is 0.0591 e. The number of hydrogen-bond donors (Lipinski definition) is 0. The minimum absolute atomic E-state index is 0.299. The van der Waals surface area contributed by atoms with E-state index in [0.717, 1.165) is 15.1 Å². The third kappa shape index (κ3) is 2.20. The van der Waals surface area contributed by atoms with E-state index in [1.165, 1.54) is 0 Å². The lowest BCUT2D eigenvalue weighted by Gasteiger charge is -2.06. The Morgan fingerprint density at radius 1 is 1.45 bits per heavy atom. The van der Waals surface area contributed by atoms with Crippen LogP contribution in [0.15, 0.2) is 22.7 Å². The summed E-state index contributed by atoms with van der Waals surface area (Å²) in [5.41, 5.74) is 1.11. The molecule has 0 radical (unpaired) electrons. The molecule has 1 unspecified atom stereocenters. The first-order valence-electron chi connectivity index (χ1n) is 3.21. The lowest BCUT2D eigenvalue weighted by Crippen LogP contribution is -1.85. The van der Waals surface area contributed by atoms with Gasteiger partial charge in [-0.3, -0.25) is 0 Å². The van der Waals surface area contributed by atoms with Crippen LogP contribution in [0.4, 0.5) is 0 Å². The van der Waals surface area contributed by atoms with Gasteiger partial charge in [-0.2, -0.15) is 0 Å². The summed E-state index contributed by atoms with van der Waals surface area (Å²) in [5, 5.41) is 0.789. The number of alkyl halides is 1. The highest BCUT2D eigenvalue weighted by atomic mass is 79.9. The van der Waals surface area contributed by atoms with Gasteiger partial charge >= 0.3 is 0 Å². The van der Waals surface area contributed by atoms with Gasteiger partial charge in [0.25, 0.3) is 0 Å². The van der Waals surface area contributed by atoms with E-state index in [-0.39, 0.29) is 0 Å². The molecule has 0 heterocycles. The van der Waals surface area contributed by atoms with Gasteiger partial charge in [-0.05, 0) is 34.5 Å². The number of hydrogen-bond acceptors (Lipinski definition) is 0. The number of rotatable bonds is 1. The van der Waals surface area contributed by atoms with E-state index in [1.54, 1.807) is 0 Å². The summed E-state index contributed by atoms with van der Waals surface area (Å²) in [5.74, 6) is 0. The van der Waals surface area contributed by atoms with E-state index in [1.807, 2.05) is 25.1 Å². The highest BCUT2D eigenvalue weighted by molar-refractivity contribution is 9.10. The maximum absolute atomic E-state index is 6.01. The zero-order valence-corrected chi connectivity index (χ0v) is 9.87. The van der Waals surface area contributed by atoms with Gasteiger partial charge in [-0.25, -0.2) is 0 Å². The summed E-state index contributed by atoms with van der Waals surface area (Å²) in [6.45, 7) is 2.05. The molecule has 0 nitrogen and oxygen atoms in total. The van der Waals surface area contributed by atoms with Crippen LogP contribution in [0.5, 0.6) is 0 Å². The van der Waals surface area contributed by atoms with Gasteiger partial charge in [-0.1, -0.05) is 39.7 Å². The fourth-order valence-corrected chi connectivity index (χ4v) is 2.01. The standard InChI is InChI=1S/C8H7Br2Cl/c1-5(9)6-3-2-4-7(10)8(6)11/h2-5H,1H3. The van der Waals surface area contributed by atoms with Gasteiger partial charge < -0.3 is 0 Å². The highest BCUT2D eigenvalue weighted by Gasteiger charge is 2.07. The van der Waals surface area contributed by atoms with Gasteiger partial charge in [0.2, 0.25) is 0 Å². The fraction of sp³-hybridized carbons (Fsp3) is 0.250. The molecule has 1 aromatic rings. The van der Waals surface area contributed by atoms with Crippen molar-refractivity contribution >= 4 is 43.5 Å². The highest BCUT2D eigenvalue weighted by Crippen LogP contribution is 2.33. The zero-order chi connectivity index (χ0) is 8.43. The second kappa shape index (κ2) is 3.92. The Bertz CT molecular complexity index is 258. The Morgan fingerprint density at radius 3 is 2.55 bits per heavy atom. The number of benzene rings is 1. The molecule has 0 aliphatic heterocycles. The molecule has 0 spiro atoms. The van der Waals surface area contributed by atoms with Crippen LogP contribution in [-0.2, 0) is 0 Å². The Morgan fingerprint density at radius 2 is 2.09 bits per heavy atom. The predicted molar refractivity (Wildman–Crippen MR) is 56.5 cm³/mol. The normalized spacial score (nSPS) is 13.1. The summed E-state index contributed by atoms with van der Waals surface area (Å²) in [4.78, 5) is 0.299. The molecule has 0 aliphatic rings. The molecular formula is C8H7Br2Cl. The third-order valence-electron chi connectivity index (χ3n) is 1.41. The Hall–Kier alpha value is 0.470. The lowest BCUT2D eigenvalue weighted by atomic mass is 10.2. The lowest BCUT2D eigenvalue weighted by molar-refractivity contribution is 1.12. The van der Waals surface area contributed by atoms with Crippen LogP contribution in [0.25, 0.3) is 0 Å². The van der Waals surface area contributed by atoms with E-state index in [2.05, 4.69) is 31.9 Å². The first-order valence-corrected chi connectivity index (χ1v) is 5.29. The molecule has 3 heteroatoms. The van der Waals surface area contributed by atoms with Gasteiger partial charge in [0.05, 0.1) is 5.02 Å². The SMILES string of the molecule is CC(Br)c1cccc(Br)c1Cl. The molecule has 0 saturated carbocycles. The predicted octanol–water partition coefficient (Wildman–Crippen LogP) is 4.56. The largest absolute Gasteiger partial charge is 0.0841 e. The van der Waals surface area contributed by atoms with Crippen molar-refractivity contribution in [1.82, 2.24) is 0 Å². The molecule has 0 fully saturated rings. The van der Waals surface area contributed by atoms with E-state index in [4.69, 9.17) is 11.6 Å². The average molecular weight is 298 g/mol. The van der Waals surface area contributed by atoms with Gasteiger partial charge in [0.1, 0.15) is 0 Å². The molecule has 1 aromatic carbocycles. The quantitative estimate of drug-likeness (QED) is 0.667. The van der Waals surface area contributed by atoms with E-state index >= 15 is 0 Å². The zero-order valence-electron chi connectivity index (χ0n) is 5.94. The Kier molecular flexibility index (Phi) is 3.41. The van der Waals surface area contributed by atoms with Crippen LogP contribution in [0, 0.1) is 0 Å². The fourth-order valence-electron chi connectivity index (χ4n) is 0.828. The van der Waals surface area contributed by atoms with Crippen LogP contribution in [-0.4, -0.2) is 0 Å². The Balaban J connectivity index is 3.17. The van der Waals surface area contributed by atoms with Gasteiger partial charge in [0, 0.05) is 9.30 Å². The second-order valence-corrected chi connectivity index (χ2v) is 4.86. The van der Waals surface area contributed by atoms with Gasteiger partial charge in [-0.15, -0.1) is 0 Å². The number of halogens is 3. The van der Waals surface area contributed by atoms with Crippen molar-refractivity contribution in [3.05, 3.63) is 33.3 Å². The monoisotopic (exact) mass is 296 g/mol. The van der Waals surface area contributed by atoms with E-state index in [9.17, 15) is 0 Å². The van der Waals surface area contributed by atoms with Crippen LogP contribution >= 0.6 is 43.5 Å². The molecule has 0 amide bonds. The third-order valence-corrected chi connectivity index (χ3v) is 3.21. The van der Waals surface area contributed by atoms with Crippen molar-refractivity contribution < 1.29 is 0 Å². The van der Waals surface area contributed by atoms with Crippen molar-refractivity contribution in [2.45, 2.75) is 11.8 Å². The minimum Gasteiger partial charge on any atom is -0.0841 e. The topological polar surface area (TPSA) is 0 Å². The van der Waals surface area contributed by atoms with Crippen molar-refractivity contribution in [2.24, 2.45) is 0 Å². The minimum atomic E-state index is 0.299.